The van der Waals surface area contributed by atoms with Crippen molar-refractivity contribution in [2.45, 2.75) is 104 Å². The minimum atomic E-state index is 0.0794. The number of nitrogens with zero attached hydrogens (tertiary/aromatic N) is 2. The zero-order valence-electron chi connectivity index (χ0n) is 28.0. The maximum atomic E-state index is 6.60. The van der Waals surface area contributed by atoms with Crippen molar-refractivity contribution in [1.82, 2.24) is 4.98 Å². The third kappa shape index (κ3) is 3.98. The molecule has 2 aliphatic heterocycles. The second-order valence-electron chi connectivity index (χ2n) is 16.9. The Bertz CT molecular complexity index is 1880. The maximum absolute atomic E-state index is 6.60. The SMILES string of the molecule is Cc1cc2c3c(n1)Oc1ccccc1B3c1cc3c(cc1N2c1ccc2c(c1)C(C)(C)CCC2(C)C)C(C)(C)CC(C)(C)C3. The predicted molar refractivity (Wildman–Crippen MR) is 185 cm³/mol. The predicted octanol–water partition coefficient (Wildman–Crippen LogP) is 8.39. The molecule has 4 aliphatic rings. The molecule has 1 aromatic heterocycles. The molecule has 0 amide bonds. The molecule has 4 aromatic rings. The minimum absolute atomic E-state index is 0.0794. The van der Waals surface area contributed by atoms with E-state index in [0.29, 0.717) is 0 Å². The molecule has 3 aromatic carbocycles. The van der Waals surface area contributed by atoms with Crippen LogP contribution in [0.3, 0.4) is 0 Å². The Kier molecular flexibility index (Phi) is 5.60. The summed E-state index contributed by atoms with van der Waals surface area (Å²) in [7, 11) is 0. The van der Waals surface area contributed by atoms with Gasteiger partial charge in [0.25, 0.3) is 6.71 Å². The molecule has 0 saturated heterocycles. The number of pyridine rings is 1. The fraction of sp³-hybridized carbons (Fsp3) is 0.425. The lowest BCUT2D eigenvalue weighted by Crippen LogP contribution is -2.60. The average Bonchev–Trinajstić information content (AvgIpc) is 2.93. The van der Waals surface area contributed by atoms with E-state index in [1.54, 1.807) is 0 Å². The maximum Gasteiger partial charge on any atom is 0.258 e. The Labute approximate surface area is 264 Å². The first-order valence-corrected chi connectivity index (χ1v) is 16.6. The summed E-state index contributed by atoms with van der Waals surface area (Å²) < 4.78 is 6.60. The van der Waals surface area contributed by atoms with Gasteiger partial charge >= 0.3 is 0 Å². The molecule has 3 heterocycles. The number of aromatic nitrogens is 1. The van der Waals surface area contributed by atoms with Gasteiger partial charge in [-0.3, -0.25) is 0 Å². The normalized spacial score (nSPS) is 20.8. The molecule has 224 valence electrons. The molecular weight excluding hydrogens is 535 g/mol. The van der Waals surface area contributed by atoms with Gasteiger partial charge in [-0.05, 0) is 118 Å². The van der Waals surface area contributed by atoms with Gasteiger partial charge in [0.1, 0.15) is 5.75 Å². The first-order chi connectivity index (χ1) is 20.7. The zero-order valence-corrected chi connectivity index (χ0v) is 28.0. The molecule has 2 aliphatic carbocycles. The van der Waals surface area contributed by atoms with E-state index >= 15 is 0 Å². The quantitative estimate of drug-likeness (QED) is 0.183. The van der Waals surface area contributed by atoms with Crippen LogP contribution in [-0.2, 0) is 22.7 Å². The van der Waals surface area contributed by atoms with Gasteiger partial charge in [-0.2, -0.15) is 0 Å². The number of ether oxygens (including phenoxy) is 1. The summed E-state index contributed by atoms with van der Waals surface area (Å²) in [6.45, 7) is 21.6. The van der Waals surface area contributed by atoms with Gasteiger partial charge < -0.3 is 9.64 Å². The first-order valence-electron chi connectivity index (χ1n) is 16.6. The van der Waals surface area contributed by atoms with Crippen LogP contribution in [0.15, 0.2) is 60.7 Å². The van der Waals surface area contributed by atoms with E-state index in [0.717, 1.165) is 23.7 Å². The highest BCUT2D eigenvalue weighted by Gasteiger charge is 2.46. The van der Waals surface area contributed by atoms with Crippen molar-refractivity contribution in [3.63, 3.8) is 0 Å². The summed E-state index contributed by atoms with van der Waals surface area (Å²) in [4.78, 5) is 7.55. The van der Waals surface area contributed by atoms with Crippen LogP contribution < -0.4 is 26.0 Å². The molecule has 0 fully saturated rings. The van der Waals surface area contributed by atoms with Crippen LogP contribution in [0.2, 0.25) is 0 Å². The van der Waals surface area contributed by atoms with E-state index in [9.17, 15) is 0 Å². The van der Waals surface area contributed by atoms with E-state index in [1.807, 2.05) is 0 Å². The summed E-state index contributed by atoms with van der Waals surface area (Å²) in [6.07, 6.45) is 4.68. The van der Waals surface area contributed by atoms with Crippen molar-refractivity contribution < 1.29 is 4.74 Å². The van der Waals surface area contributed by atoms with Crippen molar-refractivity contribution in [3.8, 4) is 11.6 Å². The molecular formula is C40H45BN2O. The Morgan fingerprint density at radius 1 is 0.727 bits per heavy atom. The fourth-order valence-corrected chi connectivity index (χ4v) is 9.41. The number of aryl methyl sites for hydroxylation is 1. The van der Waals surface area contributed by atoms with Gasteiger partial charge in [0.15, 0.2) is 0 Å². The Balaban J connectivity index is 1.45. The van der Waals surface area contributed by atoms with E-state index < -0.39 is 0 Å². The number of para-hydroxylation sites is 1. The first kappa shape index (κ1) is 28.0. The highest BCUT2D eigenvalue weighted by Crippen LogP contribution is 2.51. The lowest BCUT2D eigenvalue weighted by Gasteiger charge is -2.46. The van der Waals surface area contributed by atoms with Crippen molar-refractivity contribution in [3.05, 3.63) is 88.6 Å². The average molecular weight is 581 g/mol. The minimum Gasteiger partial charge on any atom is -0.440 e. The third-order valence-electron chi connectivity index (χ3n) is 11.3. The number of anilines is 3. The fourth-order valence-electron chi connectivity index (χ4n) is 9.41. The van der Waals surface area contributed by atoms with Crippen LogP contribution in [-0.4, -0.2) is 11.7 Å². The van der Waals surface area contributed by atoms with Gasteiger partial charge in [0, 0.05) is 28.2 Å². The van der Waals surface area contributed by atoms with Crippen LogP contribution >= 0.6 is 0 Å². The van der Waals surface area contributed by atoms with Gasteiger partial charge in [-0.25, -0.2) is 4.98 Å². The monoisotopic (exact) mass is 580 g/mol. The molecule has 0 saturated carbocycles. The highest BCUT2D eigenvalue weighted by atomic mass is 16.5. The molecule has 0 atom stereocenters. The standard InChI is InChI=1S/C40H45BN2O/c1-24-18-33-35-36(42-24)44-34-13-11-10-12-30(34)41(35)31-19-25-22-37(2,3)23-40(8,9)28(25)21-32(31)43(33)26-14-15-27-29(20-26)39(6,7)17-16-38(27,4)5/h10-15,18-21H,16-17,22-23H2,1-9H3. The molecule has 0 spiro atoms. The van der Waals surface area contributed by atoms with Crippen LogP contribution in [0.4, 0.5) is 17.1 Å². The number of hydrogen-bond acceptors (Lipinski definition) is 3. The number of fused-ring (bicyclic) bond motifs is 6. The largest absolute Gasteiger partial charge is 0.440 e. The number of rotatable bonds is 1. The van der Waals surface area contributed by atoms with E-state index in [4.69, 9.17) is 9.72 Å². The zero-order chi connectivity index (χ0) is 31.0. The van der Waals surface area contributed by atoms with Crippen molar-refractivity contribution in [2.24, 2.45) is 5.41 Å². The molecule has 44 heavy (non-hydrogen) atoms. The summed E-state index contributed by atoms with van der Waals surface area (Å²) in [6, 6.07) is 23.3. The summed E-state index contributed by atoms with van der Waals surface area (Å²) in [5.74, 6) is 1.67. The van der Waals surface area contributed by atoms with Crippen LogP contribution in [0.25, 0.3) is 0 Å². The molecule has 3 nitrogen and oxygen atoms in total. The van der Waals surface area contributed by atoms with E-state index in [1.165, 1.54) is 75.0 Å². The van der Waals surface area contributed by atoms with Gasteiger partial charge in [0.2, 0.25) is 5.88 Å². The van der Waals surface area contributed by atoms with Crippen molar-refractivity contribution in [1.29, 1.82) is 0 Å². The molecule has 0 radical (unpaired) electrons. The molecule has 0 bridgehead atoms. The second kappa shape index (κ2) is 8.80. The molecule has 4 heteroatoms. The van der Waals surface area contributed by atoms with Crippen LogP contribution in [0.5, 0.6) is 11.6 Å². The molecule has 0 N–H and O–H groups in total. The third-order valence-corrected chi connectivity index (χ3v) is 11.3. The lowest BCUT2D eigenvalue weighted by atomic mass is 9.34. The molecule has 8 rings (SSSR count). The summed E-state index contributed by atoms with van der Waals surface area (Å²) in [5, 5.41) is 0. The van der Waals surface area contributed by atoms with Gasteiger partial charge in [-0.1, -0.05) is 85.7 Å². The smallest absolute Gasteiger partial charge is 0.258 e. The van der Waals surface area contributed by atoms with Gasteiger partial charge in [0.05, 0.1) is 0 Å². The Morgan fingerprint density at radius 2 is 1.45 bits per heavy atom. The number of hydrogen-bond donors (Lipinski definition) is 0. The molecule has 0 unspecified atom stereocenters. The lowest BCUT2D eigenvalue weighted by molar-refractivity contribution is 0.231. The Morgan fingerprint density at radius 3 is 2.23 bits per heavy atom. The van der Waals surface area contributed by atoms with E-state index in [-0.39, 0.29) is 28.4 Å². The van der Waals surface area contributed by atoms with Gasteiger partial charge in [-0.15, -0.1) is 0 Å². The van der Waals surface area contributed by atoms with Crippen molar-refractivity contribution >= 4 is 40.2 Å². The van der Waals surface area contributed by atoms with E-state index in [2.05, 4.69) is 128 Å². The second-order valence-corrected chi connectivity index (χ2v) is 16.9. The van der Waals surface area contributed by atoms with Crippen LogP contribution in [0, 0.1) is 12.3 Å². The highest BCUT2D eigenvalue weighted by molar-refractivity contribution is 6.99. The number of benzene rings is 3. The topological polar surface area (TPSA) is 25.4 Å². The summed E-state index contributed by atoms with van der Waals surface area (Å²) >= 11 is 0. The summed E-state index contributed by atoms with van der Waals surface area (Å²) in [5.41, 5.74) is 15.1. The van der Waals surface area contributed by atoms with Crippen molar-refractivity contribution in [2.75, 3.05) is 4.90 Å². The Hall–Kier alpha value is -3.53. The van der Waals surface area contributed by atoms with Crippen LogP contribution in [0.1, 0.15) is 103 Å².